The molecule has 1 heterocycles. The number of aromatic nitrogens is 1. The van der Waals surface area contributed by atoms with E-state index in [0.29, 0.717) is 37.4 Å². The smallest absolute Gasteiger partial charge is 0.255 e. The number of rotatable bonds is 7. The molecule has 2 aromatic carbocycles. The lowest BCUT2D eigenvalue weighted by Gasteiger charge is -2.19. The molecule has 6 nitrogen and oxygen atoms in total. The van der Waals surface area contributed by atoms with Crippen molar-refractivity contribution < 1.29 is 9.59 Å². The highest BCUT2D eigenvalue weighted by Crippen LogP contribution is 2.21. The molecule has 0 aliphatic carbocycles. The average molecular weight is 415 g/mol. The van der Waals surface area contributed by atoms with Crippen LogP contribution >= 0.6 is 12.4 Å². The van der Waals surface area contributed by atoms with E-state index in [2.05, 4.69) is 5.32 Å². The number of carbonyl (C=O) groups excluding carboxylic acids is 2. The van der Waals surface area contributed by atoms with E-state index in [0.717, 1.165) is 16.5 Å². The predicted molar refractivity (Wildman–Crippen MR) is 119 cm³/mol. The number of nitrogens with one attached hydrogen (secondary N) is 1. The van der Waals surface area contributed by atoms with Gasteiger partial charge in [0, 0.05) is 48.0 Å². The van der Waals surface area contributed by atoms with Gasteiger partial charge in [-0.25, -0.2) is 0 Å². The van der Waals surface area contributed by atoms with Crippen LogP contribution in [0.3, 0.4) is 0 Å². The Hall–Kier alpha value is -2.83. The highest BCUT2D eigenvalue weighted by Gasteiger charge is 2.12. The quantitative estimate of drug-likeness (QED) is 0.619. The van der Waals surface area contributed by atoms with Gasteiger partial charge >= 0.3 is 0 Å². The second kappa shape index (κ2) is 10.1. The van der Waals surface area contributed by atoms with Gasteiger partial charge in [0.2, 0.25) is 5.91 Å². The molecule has 0 fully saturated rings. The van der Waals surface area contributed by atoms with Gasteiger partial charge in [0.25, 0.3) is 5.91 Å². The van der Waals surface area contributed by atoms with Crippen LogP contribution in [0.25, 0.3) is 10.9 Å². The van der Waals surface area contributed by atoms with Crippen LogP contribution in [0.15, 0.2) is 54.7 Å². The van der Waals surface area contributed by atoms with Crippen molar-refractivity contribution in [1.82, 2.24) is 9.47 Å². The monoisotopic (exact) mass is 414 g/mol. The minimum absolute atomic E-state index is 0. The fraction of sp³-hybridized carbons (Fsp3) is 0.273. The molecule has 2 amide bonds. The minimum Gasteiger partial charge on any atom is -0.342 e. The molecule has 0 aliphatic heterocycles. The lowest BCUT2D eigenvalue weighted by molar-refractivity contribution is -0.131. The topological polar surface area (TPSA) is 80.4 Å². The zero-order chi connectivity index (χ0) is 20.1. The Morgan fingerprint density at radius 1 is 1.03 bits per heavy atom. The zero-order valence-electron chi connectivity index (χ0n) is 16.7. The van der Waals surface area contributed by atoms with Gasteiger partial charge in [-0.15, -0.1) is 12.4 Å². The van der Waals surface area contributed by atoms with Gasteiger partial charge in [-0.05, 0) is 55.8 Å². The third-order valence-electron chi connectivity index (χ3n) is 4.90. The summed E-state index contributed by atoms with van der Waals surface area (Å²) in [6.45, 7) is 6.13. The van der Waals surface area contributed by atoms with Crippen molar-refractivity contribution >= 4 is 40.8 Å². The van der Waals surface area contributed by atoms with E-state index in [-0.39, 0.29) is 24.2 Å². The maximum Gasteiger partial charge on any atom is 0.255 e. The van der Waals surface area contributed by atoms with Crippen LogP contribution in [0, 0.1) is 0 Å². The normalized spacial score (nSPS) is 10.4. The molecule has 0 spiro atoms. The maximum atomic E-state index is 12.4. The summed E-state index contributed by atoms with van der Waals surface area (Å²) in [5.74, 6) is -0.0696. The number of anilines is 1. The molecule has 154 valence electrons. The number of halogens is 1. The van der Waals surface area contributed by atoms with Gasteiger partial charge in [-0.2, -0.15) is 0 Å². The van der Waals surface area contributed by atoms with Crippen LogP contribution in [0.1, 0.15) is 29.8 Å². The summed E-state index contributed by atoms with van der Waals surface area (Å²) < 4.78 is 1.94. The number of hydrogen-bond acceptors (Lipinski definition) is 3. The molecule has 1 aromatic heterocycles. The van der Waals surface area contributed by atoms with E-state index in [1.165, 1.54) is 0 Å². The minimum atomic E-state index is -0.168. The first-order chi connectivity index (χ1) is 13.5. The first-order valence-corrected chi connectivity index (χ1v) is 9.52. The molecular formula is C22H27ClN4O2. The summed E-state index contributed by atoms with van der Waals surface area (Å²) in [5, 5.41) is 3.90. The summed E-state index contributed by atoms with van der Waals surface area (Å²) in [7, 11) is 0. The van der Waals surface area contributed by atoms with Gasteiger partial charge in [0.1, 0.15) is 6.54 Å². The molecule has 29 heavy (non-hydrogen) atoms. The van der Waals surface area contributed by atoms with Crippen LogP contribution in [-0.2, 0) is 17.9 Å². The number of likely N-dealkylation sites (N-methyl/N-ethyl adjacent to an activating group) is 1. The number of benzene rings is 2. The van der Waals surface area contributed by atoms with E-state index in [1.54, 1.807) is 12.1 Å². The standard InChI is InChI=1S/C22H26N4O2.ClH/c1-3-25(4-2)21(27)15-26-12-11-18-13-19(9-10-20(18)26)24-22(28)17-7-5-16(14-23)6-8-17;/h5-13H,3-4,14-15,23H2,1-2H3,(H,24,28);1H. The Morgan fingerprint density at radius 2 is 1.72 bits per heavy atom. The molecule has 7 heteroatoms. The van der Waals surface area contributed by atoms with Crippen molar-refractivity contribution in [2.75, 3.05) is 18.4 Å². The van der Waals surface area contributed by atoms with E-state index in [9.17, 15) is 9.59 Å². The molecule has 0 aliphatic rings. The number of nitrogens with two attached hydrogens (primary N) is 1. The number of carbonyl (C=O) groups is 2. The SMILES string of the molecule is CCN(CC)C(=O)Cn1ccc2cc(NC(=O)c3ccc(CN)cc3)ccc21.Cl. The first kappa shape index (κ1) is 22.5. The van der Waals surface area contributed by atoms with Crippen LogP contribution in [-0.4, -0.2) is 34.4 Å². The van der Waals surface area contributed by atoms with Gasteiger partial charge < -0.3 is 20.5 Å². The zero-order valence-corrected chi connectivity index (χ0v) is 17.5. The highest BCUT2D eigenvalue weighted by atomic mass is 35.5. The Kier molecular flexibility index (Phi) is 7.82. The summed E-state index contributed by atoms with van der Waals surface area (Å²) in [6.07, 6.45) is 1.91. The molecule has 3 N–H and O–H groups in total. The number of nitrogens with zero attached hydrogens (tertiary/aromatic N) is 2. The van der Waals surface area contributed by atoms with Gasteiger partial charge in [0.05, 0.1) is 0 Å². The van der Waals surface area contributed by atoms with Crippen molar-refractivity contribution in [3.8, 4) is 0 Å². The fourth-order valence-electron chi connectivity index (χ4n) is 3.23. The lowest BCUT2D eigenvalue weighted by atomic mass is 10.1. The third-order valence-corrected chi connectivity index (χ3v) is 4.90. The summed E-state index contributed by atoms with van der Waals surface area (Å²) in [6, 6.07) is 14.9. The van der Waals surface area contributed by atoms with Crippen molar-refractivity contribution in [2.45, 2.75) is 26.9 Å². The molecule has 0 saturated carbocycles. The van der Waals surface area contributed by atoms with E-state index in [1.807, 2.05) is 65.9 Å². The van der Waals surface area contributed by atoms with Crippen LogP contribution in [0.4, 0.5) is 5.69 Å². The third kappa shape index (κ3) is 5.16. The molecule has 0 radical (unpaired) electrons. The van der Waals surface area contributed by atoms with E-state index >= 15 is 0 Å². The Morgan fingerprint density at radius 3 is 2.34 bits per heavy atom. The summed E-state index contributed by atoms with van der Waals surface area (Å²) >= 11 is 0. The van der Waals surface area contributed by atoms with Crippen LogP contribution < -0.4 is 11.1 Å². The molecule has 0 bridgehead atoms. The predicted octanol–water partition coefficient (Wildman–Crippen LogP) is 3.64. The summed E-state index contributed by atoms with van der Waals surface area (Å²) in [5.41, 5.74) is 8.84. The van der Waals surface area contributed by atoms with Gasteiger partial charge in [-0.1, -0.05) is 12.1 Å². The van der Waals surface area contributed by atoms with Crippen molar-refractivity contribution in [1.29, 1.82) is 0 Å². The number of hydrogen-bond donors (Lipinski definition) is 2. The Labute approximate surface area is 177 Å². The highest BCUT2D eigenvalue weighted by molar-refractivity contribution is 6.05. The number of amides is 2. The Balaban J connectivity index is 0.00000300. The molecule has 0 atom stereocenters. The Bertz CT molecular complexity index is 978. The first-order valence-electron chi connectivity index (χ1n) is 9.52. The van der Waals surface area contributed by atoms with E-state index < -0.39 is 0 Å². The molecular weight excluding hydrogens is 388 g/mol. The van der Waals surface area contributed by atoms with E-state index in [4.69, 9.17) is 5.73 Å². The van der Waals surface area contributed by atoms with Crippen LogP contribution in [0.2, 0.25) is 0 Å². The maximum absolute atomic E-state index is 12.4. The lowest BCUT2D eigenvalue weighted by Crippen LogP contribution is -2.33. The van der Waals surface area contributed by atoms with Gasteiger partial charge in [0.15, 0.2) is 0 Å². The molecule has 3 rings (SSSR count). The largest absolute Gasteiger partial charge is 0.342 e. The summed E-state index contributed by atoms with van der Waals surface area (Å²) in [4.78, 5) is 26.6. The second-order valence-electron chi connectivity index (χ2n) is 6.64. The molecule has 3 aromatic rings. The van der Waals surface area contributed by atoms with Crippen molar-refractivity contribution in [3.63, 3.8) is 0 Å². The molecule has 0 unspecified atom stereocenters. The number of fused-ring (bicyclic) bond motifs is 1. The average Bonchev–Trinajstić information content (AvgIpc) is 3.11. The van der Waals surface area contributed by atoms with Crippen LogP contribution in [0.5, 0.6) is 0 Å². The second-order valence-corrected chi connectivity index (χ2v) is 6.64. The van der Waals surface area contributed by atoms with Crippen molar-refractivity contribution in [3.05, 3.63) is 65.9 Å². The molecule has 0 saturated heterocycles. The van der Waals surface area contributed by atoms with Crippen molar-refractivity contribution in [2.24, 2.45) is 5.73 Å². The van der Waals surface area contributed by atoms with Gasteiger partial charge in [-0.3, -0.25) is 9.59 Å². The fourth-order valence-corrected chi connectivity index (χ4v) is 3.23.